The van der Waals surface area contributed by atoms with Crippen molar-refractivity contribution in [2.24, 2.45) is 9.98 Å². The number of para-hydroxylation sites is 2. The van der Waals surface area contributed by atoms with E-state index in [0.717, 1.165) is 0 Å². The fourth-order valence-electron chi connectivity index (χ4n) is 2.25. The quantitative estimate of drug-likeness (QED) is 0.115. The van der Waals surface area contributed by atoms with E-state index in [0.29, 0.717) is 48.9 Å². The number of aliphatic imine (C=N–C) groups is 2. The Hall–Kier alpha value is -3.38. The van der Waals surface area contributed by atoms with Crippen LogP contribution in [-0.2, 0) is 17.1 Å². The molecule has 0 aliphatic carbocycles. The van der Waals surface area contributed by atoms with Crippen LogP contribution in [-0.4, -0.2) is 54.0 Å². The summed E-state index contributed by atoms with van der Waals surface area (Å²) in [5.41, 5.74) is 0.956. The molecular weight excluding hydrogens is 755 g/mol. The van der Waals surface area contributed by atoms with Gasteiger partial charge in [0.15, 0.2) is 0 Å². The zero-order chi connectivity index (χ0) is 29.5. The molecule has 2 aromatic rings. The van der Waals surface area contributed by atoms with Gasteiger partial charge in [0.25, 0.3) is 0 Å². The van der Waals surface area contributed by atoms with Crippen LogP contribution in [0.3, 0.4) is 0 Å². The Morgan fingerprint density at radius 3 is 1.20 bits per heavy atom. The van der Waals surface area contributed by atoms with Crippen molar-refractivity contribution >= 4 is 12.4 Å². The molecule has 20 heteroatoms. The number of benzene rings is 2. The number of ether oxygens (including phenoxy) is 2. The van der Waals surface area contributed by atoms with Crippen LogP contribution in [0.1, 0.15) is 25.0 Å². The summed E-state index contributed by atoms with van der Waals surface area (Å²) in [7, 11) is 0. The van der Waals surface area contributed by atoms with E-state index >= 15 is 0 Å². The molecule has 0 amide bonds. The topological polar surface area (TPSA) is 288 Å². The third-order valence-electron chi connectivity index (χ3n) is 3.44. The minimum Gasteiger partial charge on any atom is -0.870 e. The summed E-state index contributed by atoms with van der Waals surface area (Å²) in [4.78, 5) is 33.2. The molecule has 2 rings (SSSR count). The number of nitrogens with zero attached hydrogens (tertiary/aromatic N) is 5. The van der Waals surface area contributed by atoms with Crippen LogP contribution in [0.2, 0.25) is 0 Å². The first-order chi connectivity index (χ1) is 17.9. The van der Waals surface area contributed by atoms with Crippen molar-refractivity contribution in [3.63, 3.8) is 0 Å². The van der Waals surface area contributed by atoms with Crippen molar-refractivity contribution in [1.29, 1.82) is 0 Å². The molecule has 230 valence electrons. The molecule has 0 fully saturated rings. The van der Waals surface area contributed by atoms with Gasteiger partial charge in [-0.3, -0.25) is 9.98 Å². The van der Waals surface area contributed by atoms with Gasteiger partial charge in [0.2, 0.25) is 0 Å². The monoisotopic (exact) mass is 777 g/mol. The Morgan fingerprint density at radius 2 is 0.950 bits per heavy atom. The minimum absolute atomic E-state index is 0. The average molecular weight is 777 g/mol. The van der Waals surface area contributed by atoms with Gasteiger partial charge in [0.1, 0.15) is 11.5 Å². The Balaban J connectivity index is -0.000000392. The van der Waals surface area contributed by atoms with Crippen molar-refractivity contribution in [2.45, 2.75) is 13.8 Å². The summed E-state index contributed by atoms with van der Waals surface area (Å²) in [6.07, 6.45) is 3.05. The maximum absolute atomic E-state index is 12.1. The Kier molecular flexibility index (Phi) is 29.7. The second-order valence-electron chi connectivity index (χ2n) is 5.96. The van der Waals surface area contributed by atoms with Gasteiger partial charge < -0.3 is 65.7 Å². The van der Waals surface area contributed by atoms with Crippen LogP contribution in [0.25, 0.3) is 0 Å². The van der Waals surface area contributed by atoms with E-state index in [9.17, 15) is 10.2 Å². The molecule has 40 heavy (non-hydrogen) atoms. The zero-order valence-electron chi connectivity index (χ0n) is 20.6. The maximum Gasteiger partial charge on any atom is 3.00 e. The molecule has 0 unspecified atom stereocenters. The van der Waals surface area contributed by atoms with E-state index in [-0.39, 0.29) is 75.5 Å². The second kappa shape index (κ2) is 27.2. The molecule has 2 radical (unpaired) electrons. The van der Waals surface area contributed by atoms with Crippen LogP contribution >= 0.6 is 0 Å². The molecule has 0 spiro atoms. The SMILES string of the molecule is CCOc1cccc(C=NCCN=Cc2cccc(OCC)c2[O-])c1[O-].O=[N+]([O-])[O-].O=[N+]([O-])[O-].O=[N+]([O-])[O-].[Cu+2].[Yb+3]. The first kappa shape index (κ1) is 43.7. The molecule has 0 saturated carbocycles. The molecule has 0 saturated heterocycles. The van der Waals surface area contributed by atoms with E-state index in [2.05, 4.69) is 9.98 Å². The predicted octanol–water partition coefficient (Wildman–Crippen LogP) is 1.45. The maximum atomic E-state index is 12.1. The van der Waals surface area contributed by atoms with Crippen LogP contribution < -0.4 is 19.7 Å². The molecule has 0 aromatic heterocycles. The molecular formula is C20H22CuN5O13Yb. The van der Waals surface area contributed by atoms with Crippen molar-refractivity contribution in [3.8, 4) is 23.0 Å². The molecule has 0 heterocycles. The third kappa shape index (κ3) is 24.9. The van der Waals surface area contributed by atoms with E-state index in [4.69, 9.17) is 55.4 Å². The summed E-state index contributed by atoms with van der Waals surface area (Å²) in [6.45, 7) is 5.36. The first-order valence-electron chi connectivity index (χ1n) is 10.2. The summed E-state index contributed by atoms with van der Waals surface area (Å²) in [6, 6.07) is 10.2. The van der Waals surface area contributed by atoms with Crippen LogP contribution in [0.4, 0.5) is 0 Å². The van der Waals surface area contributed by atoms with Gasteiger partial charge in [-0.25, -0.2) is 0 Å². The average Bonchev–Trinajstić information content (AvgIpc) is 2.80. The summed E-state index contributed by atoms with van der Waals surface area (Å²) in [5.74, 6) is 0.300. The molecule has 0 atom stereocenters. The minimum atomic E-state index is -1.75. The molecule has 0 N–H and O–H groups in total. The fourth-order valence-corrected chi connectivity index (χ4v) is 2.25. The van der Waals surface area contributed by atoms with E-state index in [1.54, 1.807) is 36.4 Å². The van der Waals surface area contributed by atoms with E-state index in [1.807, 2.05) is 13.8 Å². The van der Waals surface area contributed by atoms with Crippen molar-refractivity contribution in [2.75, 3.05) is 26.3 Å². The Morgan fingerprint density at radius 1 is 0.675 bits per heavy atom. The normalized spacial score (nSPS) is 9.15. The molecule has 0 bridgehead atoms. The number of rotatable bonds is 9. The van der Waals surface area contributed by atoms with Crippen molar-refractivity contribution < 1.29 is 98.9 Å². The Labute approximate surface area is 276 Å². The van der Waals surface area contributed by atoms with E-state index < -0.39 is 15.3 Å². The van der Waals surface area contributed by atoms with Crippen LogP contribution in [0.5, 0.6) is 23.0 Å². The smallest absolute Gasteiger partial charge is 0.870 e. The van der Waals surface area contributed by atoms with Gasteiger partial charge in [-0.2, -0.15) is 0 Å². The predicted molar refractivity (Wildman–Crippen MR) is 130 cm³/mol. The number of hydrogen-bond acceptors (Lipinski definition) is 15. The van der Waals surface area contributed by atoms with Crippen molar-refractivity contribution in [1.82, 2.24) is 0 Å². The largest absolute Gasteiger partial charge is 3.00 e. The fraction of sp³-hybridized carbons (Fsp3) is 0.300. The van der Waals surface area contributed by atoms with Gasteiger partial charge in [-0.05, 0) is 37.1 Å². The molecule has 2 aromatic carbocycles. The van der Waals surface area contributed by atoms with Crippen LogP contribution in [0, 0.1) is 92.9 Å². The van der Waals surface area contributed by atoms with Gasteiger partial charge in [-0.15, -0.1) is 0 Å². The van der Waals surface area contributed by atoms with E-state index in [1.165, 1.54) is 12.4 Å². The molecule has 18 nitrogen and oxygen atoms in total. The van der Waals surface area contributed by atoms with Gasteiger partial charge in [0, 0.05) is 12.4 Å². The summed E-state index contributed by atoms with van der Waals surface area (Å²) in [5, 5.41) is 68.4. The number of hydrogen-bond donors (Lipinski definition) is 0. The van der Waals surface area contributed by atoms with Gasteiger partial charge >= 0.3 is 64.0 Å². The first-order valence-corrected chi connectivity index (χ1v) is 10.2. The summed E-state index contributed by atoms with van der Waals surface area (Å²) >= 11 is 0. The third-order valence-corrected chi connectivity index (χ3v) is 3.44. The standard InChI is InChI=1S/C20H24N2O4.Cu.3NO3.Yb/c1-3-25-17-9-5-7-15(19(17)23)13-21-11-12-22-14-16-8-6-10-18(20(16)24)26-4-2;;3*2-1(3)4;/h5-10,13-14,23-24H,3-4,11-12H2,1-2H3;;;;;/q;+2;3*-1;+3/p-2. The molecule has 0 aliphatic rings. The molecule has 0 aliphatic heterocycles. The summed E-state index contributed by atoms with van der Waals surface area (Å²) < 4.78 is 10.5. The Bertz CT molecular complexity index is 971. The second-order valence-corrected chi connectivity index (χ2v) is 5.96. The van der Waals surface area contributed by atoms with Gasteiger partial charge in [0.05, 0.1) is 41.6 Å². The van der Waals surface area contributed by atoms with Crippen LogP contribution in [0.15, 0.2) is 46.4 Å². The van der Waals surface area contributed by atoms with Crippen molar-refractivity contribution in [3.05, 3.63) is 93.5 Å². The van der Waals surface area contributed by atoms with Gasteiger partial charge in [-0.1, -0.05) is 35.8 Å². The zero-order valence-corrected chi connectivity index (χ0v) is 23.2.